The van der Waals surface area contributed by atoms with Gasteiger partial charge >= 0.3 is 23.9 Å². The number of hydrogen-bond donors (Lipinski definition) is 4. The number of fused-ring (bicyclic) bond motifs is 2. The van der Waals surface area contributed by atoms with E-state index in [0.29, 0.717) is 11.1 Å². The summed E-state index contributed by atoms with van der Waals surface area (Å²) in [5.41, 5.74) is 26.9. The molecule has 11 heteroatoms. The van der Waals surface area contributed by atoms with Crippen molar-refractivity contribution >= 4 is 46.6 Å². The number of carbonyl (C=O) groups excluding carboxylic acids is 4. The number of rotatable bonds is 3. The number of nitrogen functional groups attached to an aromatic ring is 4. The van der Waals surface area contributed by atoms with E-state index < -0.39 is 23.9 Å². The largest absolute Gasteiger partial charge is 0.457 e. The second kappa shape index (κ2) is 12.7. The Labute approximate surface area is 256 Å². The molecule has 0 bridgehead atoms. The molecule has 8 N–H and O–H groups in total. The predicted molar refractivity (Wildman–Crippen MR) is 168 cm³/mol. The van der Waals surface area contributed by atoms with Crippen LogP contribution in [-0.4, -0.2) is 23.9 Å². The Morgan fingerprint density at radius 2 is 0.667 bits per heavy atom. The standard InChI is InChI=1S/C16H6O6.C12H12N2O.C6H8N2/c17-13-9-3-1-7(5-11(9)15(19)21-13)8-2-4-10-12(6-8)16(20)22-14(10)18;13-9-1-5-11(6-2-9)15-12-7-3-10(14)4-8-12;7-5-1-2-6(8)4-3-5/h1-6H;1-8H,13-14H2;1-4H,7-8H2. The quantitative estimate of drug-likeness (QED) is 0.116. The molecule has 0 amide bonds. The highest BCUT2D eigenvalue weighted by atomic mass is 16.6. The second-order valence-corrected chi connectivity index (χ2v) is 9.78. The maximum atomic E-state index is 11.6. The van der Waals surface area contributed by atoms with Crippen LogP contribution in [0.1, 0.15) is 41.4 Å². The Bertz CT molecular complexity index is 1780. The predicted octanol–water partition coefficient (Wildman–Crippen LogP) is 5.47. The Morgan fingerprint density at radius 3 is 1.00 bits per heavy atom. The van der Waals surface area contributed by atoms with Crippen molar-refractivity contribution in [2.75, 3.05) is 22.9 Å². The van der Waals surface area contributed by atoms with Gasteiger partial charge in [0.05, 0.1) is 22.3 Å². The maximum absolute atomic E-state index is 11.6. The van der Waals surface area contributed by atoms with E-state index in [9.17, 15) is 19.2 Å². The van der Waals surface area contributed by atoms with E-state index in [0.717, 1.165) is 34.2 Å². The van der Waals surface area contributed by atoms with Crippen LogP contribution < -0.4 is 27.7 Å². The van der Waals surface area contributed by atoms with Gasteiger partial charge in [-0.25, -0.2) is 19.2 Å². The zero-order valence-electron chi connectivity index (χ0n) is 23.6. The van der Waals surface area contributed by atoms with E-state index in [1.807, 2.05) is 24.3 Å². The number of anilines is 4. The fourth-order valence-corrected chi connectivity index (χ4v) is 4.23. The molecule has 224 valence electrons. The molecule has 2 aliphatic heterocycles. The van der Waals surface area contributed by atoms with E-state index in [2.05, 4.69) is 9.47 Å². The van der Waals surface area contributed by atoms with Gasteiger partial charge in [0, 0.05) is 22.7 Å². The molecule has 0 saturated heterocycles. The van der Waals surface area contributed by atoms with Crippen LogP contribution in [0.5, 0.6) is 11.5 Å². The van der Waals surface area contributed by atoms with Crippen LogP contribution in [0, 0.1) is 0 Å². The highest BCUT2D eigenvalue weighted by Crippen LogP contribution is 2.30. The number of benzene rings is 5. The summed E-state index contributed by atoms with van der Waals surface area (Å²) in [4.78, 5) is 46.0. The molecule has 11 nitrogen and oxygen atoms in total. The van der Waals surface area contributed by atoms with Gasteiger partial charge in [0.15, 0.2) is 0 Å². The summed E-state index contributed by atoms with van der Waals surface area (Å²) in [5.74, 6) is -1.22. The second-order valence-electron chi connectivity index (χ2n) is 9.78. The lowest BCUT2D eigenvalue weighted by Gasteiger charge is -2.05. The minimum atomic E-state index is -0.697. The molecule has 2 aliphatic rings. The molecule has 0 aliphatic carbocycles. The lowest BCUT2D eigenvalue weighted by atomic mass is 9.97. The number of nitrogens with two attached hydrogens (primary N) is 4. The third kappa shape index (κ3) is 7.07. The first-order chi connectivity index (χ1) is 21.6. The van der Waals surface area contributed by atoms with Crippen LogP contribution >= 0.6 is 0 Å². The summed E-state index contributed by atoms with van der Waals surface area (Å²) >= 11 is 0. The highest BCUT2D eigenvalue weighted by Gasteiger charge is 2.31. The summed E-state index contributed by atoms with van der Waals surface area (Å²) in [6.07, 6.45) is 0. The maximum Gasteiger partial charge on any atom is 0.346 e. The molecule has 0 atom stereocenters. The molecule has 0 radical (unpaired) electrons. The average Bonchev–Trinajstić information content (AvgIpc) is 3.49. The van der Waals surface area contributed by atoms with Gasteiger partial charge in [-0.05, 0) is 108 Å². The molecule has 0 unspecified atom stereocenters. The Hall–Kier alpha value is -6.62. The number of ether oxygens (including phenoxy) is 3. The lowest BCUT2D eigenvalue weighted by Crippen LogP contribution is -1.97. The van der Waals surface area contributed by atoms with E-state index in [1.54, 1.807) is 60.7 Å². The molecule has 0 spiro atoms. The van der Waals surface area contributed by atoms with Crippen LogP contribution in [0.2, 0.25) is 0 Å². The summed E-state index contributed by atoms with van der Waals surface area (Å²) in [5, 5.41) is 0. The first kappa shape index (κ1) is 29.9. The van der Waals surface area contributed by atoms with Crippen molar-refractivity contribution in [3.8, 4) is 22.6 Å². The Balaban J connectivity index is 0.000000150. The van der Waals surface area contributed by atoms with Gasteiger partial charge < -0.3 is 37.1 Å². The fraction of sp³-hybridized carbons (Fsp3) is 0. The van der Waals surface area contributed by atoms with Crippen LogP contribution in [0.3, 0.4) is 0 Å². The number of cyclic esters (lactones) is 4. The molecular formula is C34H26N4O7. The molecule has 5 aromatic carbocycles. The van der Waals surface area contributed by atoms with Gasteiger partial charge in [-0.3, -0.25) is 0 Å². The first-order valence-corrected chi connectivity index (χ1v) is 13.4. The zero-order chi connectivity index (χ0) is 32.1. The molecule has 7 rings (SSSR count). The summed E-state index contributed by atoms with van der Waals surface area (Å²) < 4.78 is 14.6. The van der Waals surface area contributed by atoms with Crippen molar-refractivity contribution in [2.24, 2.45) is 0 Å². The van der Waals surface area contributed by atoms with E-state index in [4.69, 9.17) is 27.7 Å². The Kier molecular flexibility index (Phi) is 8.44. The third-order valence-corrected chi connectivity index (χ3v) is 6.56. The highest BCUT2D eigenvalue weighted by molar-refractivity contribution is 6.16. The normalized spacial score (nSPS) is 12.4. The van der Waals surface area contributed by atoms with Gasteiger partial charge in [0.1, 0.15) is 11.5 Å². The lowest BCUT2D eigenvalue weighted by molar-refractivity contribution is 0.0425. The minimum Gasteiger partial charge on any atom is -0.457 e. The molecular weight excluding hydrogens is 576 g/mol. The van der Waals surface area contributed by atoms with Gasteiger partial charge in [0.2, 0.25) is 0 Å². The molecule has 2 heterocycles. The van der Waals surface area contributed by atoms with Gasteiger partial charge in [-0.1, -0.05) is 12.1 Å². The summed E-state index contributed by atoms with van der Waals surface area (Å²) in [7, 11) is 0. The smallest absolute Gasteiger partial charge is 0.346 e. The van der Waals surface area contributed by atoms with Gasteiger partial charge in [0.25, 0.3) is 0 Å². The monoisotopic (exact) mass is 602 g/mol. The molecule has 0 fully saturated rings. The van der Waals surface area contributed by atoms with Crippen molar-refractivity contribution < 1.29 is 33.4 Å². The van der Waals surface area contributed by atoms with Crippen molar-refractivity contribution in [3.63, 3.8) is 0 Å². The fourth-order valence-electron chi connectivity index (χ4n) is 4.23. The summed E-state index contributed by atoms with van der Waals surface area (Å²) in [6, 6.07) is 30.9. The molecule has 0 aromatic heterocycles. The van der Waals surface area contributed by atoms with Crippen LogP contribution in [0.4, 0.5) is 22.7 Å². The topological polar surface area (TPSA) is 200 Å². The van der Waals surface area contributed by atoms with Crippen molar-refractivity contribution in [1.29, 1.82) is 0 Å². The number of hydrogen-bond acceptors (Lipinski definition) is 11. The van der Waals surface area contributed by atoms with Crippen LogP contribution in [-0.2, 0) is 9.47 Å². The number of esters is 4. The van der Waals surface area contributed by atoms with Gasteiger partial charge in [-0.2, -0.15) is 0 Å². The molecule has 45 heavy (non-hydrogen) atoms. The number of carbonyl (C=O) groups is 4. The van der Waals surface area contributed by atoms with Crippen molar-refractivity contribution in [3.05, 3.63) is 131 Å². The van der Waals surface area contributed by atoms with Crippen LogP contribution in [0.25, 0.3) is 11.1 Å². The van der Waals surface area contributed by atoms with E-state index in [1.165, 1.54) is 24.3 Å². The molecule has 0 saturated carbocycles. The van der Waals surface area contributed by atoms with E-state index >= 15 is 0 Å². The average molecular weight is 603 g/mol. The summed E-state index contributed by atoms with van der Waals surface area (Å²) in [6.45, 7) is 0. The Morgan fingerprint density at radius 1 is 0.378 bits per heavy atom. The molecule has 5 aromatic rings. The first-order valence-electron chi connectivity index (χ1n) is 13.4. The van der Waals surface area contributed by atoms with Crippen molar-refractivity contribution in [1.82, 2.24) is 0 Å². The third-order valence-electron chi connectivity index (χ3n) is 6.56. The minimum absolute atomic E-state index is 0.182. The SMILES string of the molecule is Nc1ccc(N)cc1.Nc1ccc(Oc2ccc(N)cc2)cc1.O=C1OC(=O)c2cc(-c3ccc4c(c3)C(=O)OC4=O)ccc21. The van der Waals surface area contributed by atoms with Gasteiger partial charge in [-0.15, -0.1) is 0 Å². The van der Waals surface area contributed by atoms with Crippen LogP contribution in [0.15, 0.2) is 109 Å². The van der Waals surface area contributed by atoms with E-state index in [-0.39, 0.29) is 22.3 Å². The zero-order valence-corrected chi connectivity index (χ0v) is 23.6. The van der Waals surface area contributed by atoms with Crippen molar-refractivity contribution in [2.45, 2.75) is 0 Å².